The number of hydrogen-bond acceptors (Lipinski definition) is 1. The molecule has 0 saturated heterocycles. The Kier molecular flexibility index (Phi) is 2.11. The highest BCUT2D eigenvalue weighted by Gasteiger charge is 2.10. The fourth-order valence-corrected chi connectivity index (χ4v) is 3.32. The lowest BCUT2D eigenvalue weighted by atomic mass is 10.1. The molecule has 0 aliphatic heterocycles. The van der Waals surface area contributed by atoms with Gasteiger partial charge in [0.05, 0.1) is 9.52 Å². The van der Waals surface area contributed by atoms with Gasteiger partial charge in [0.15, 0.2) is 0 Å². The third-order valence-electron chi connectivity index (χ3n) is 3.19. The van der Waals surface area contributed by atoms with Gasteiger partial charge in [-0.1, -0.05) is 36.9 Å². The summed E-state index contributed by atoms with van der Waals surface area (Å²) in [5.41, 5.74) is 3.43. The molecule has 1 heterocycles. The Balaban J connectivity index is 2.56. The second-order valence-corrected chi connectivity index (χ2v) is 5.67. The van der Waals surface area contributed by atoms with Gasteiger partial charge in [-0.15, -0.1) is 0 Å². The molecular formula is C14H14OSi. The predicted molar refractivity (Wildman–Crippen MR) is 72.5 cm³/mol. The molecule has 80 valence electrons. The van der Waals surface area contributed by atoms with Crippen LogP contribution in [-0.2, 0) is 0 Å². The maximum atomic E-state index is 5.99. The van der Waals surface area contributed by atoms with E-state index in [0.29, 0.717) is 0 Å². The second kappa shape index (κ2) is 3.49. The van der Waals surface area contributed by atoms with E-state index >= 15 is 0 Å². The van der Waals surface area contributed by atoms with Gasteiger partial charge in [0.1, 0.15) is 11.2 Å². The van der Waals surface area contributed by atoms with Crippen molar-refractivity contribution in [2.24, 2.45) is 0 Å². The van der Waals surface area contributed by atoms with Crippen molar-refractivity contribution >= 4 is 36.6 Å². The average Bonchev–Trinajstić information content (AvgIpc) is 2.68. The van der Waals surface area contributed by atoms with Gasteiger partial charge in [-0.05, 0) is 23.7 Å². The first-order chi connectivity index (χ1) is 7.81. The number of furan rings is 1. The fourth-order valence-electron chi connectivity index (χ4n) is 2.36. The van der Waals surface area contributed by atoms with Crippen LogP contribution in [0.15, 0.2) is 40.8 Å². The molecule has 3 rings (SSSR count). The zero-order valence-electron chi connectivity index (χ0n) is 9.58. The first-order valence-electron chi connectivity index (χ1n) is 5.71. The van der Waals surface area contributed by atoms with E-state index in [0.717, 1.165) is 11.2 Å². The molecule has 2 heteroatoms. The first-order valence-corrected chi connectivity index (χ1v) is 7.83. The van der Waals surface area contributed by atoms with Crippen LogP contribution in [0, 0.1) is 6.92 Å². The van der Waals surface area contributed by atoms with E-state index in [1.807, 2.05) is 0 Å². The average molecular weight is 226 g/mol. The molecule has 2 aromatic carbocycles. The summed E-state index contributed by atoms with van der Waals surface area (Å²) >= 11 is 0. The SMILES string of the molecule is C[SiH2]c1cccc2c1oc1cccc(C)c12. The van der Waals surface area contributed by atoms with E-state index in [9.17, 15) is 0 Å². The second-order valence-electron chi connectivity index (χ2n) is 4.20. The molecule has 0 aliphatic carbocycles. The molecule has 0 spiro atoms. The van der Waals surface area contributed by atoms with Gasteiger partial charge >= 0.3 is 0 Å². The minimum absolute atomic E-state index is 0.182. The maximum Gasteiger partial charge on any atom is 0.135 e. The summed E-state index contributed by atoms with van der Waals surface area (Å²) in [5, 5.41) is 3.98. The highest BCUT2D eigenvalue weighted by atomic mass is 28.2. The topological polar surface area (TPSA) is 13.1 Å². The van der Waals surface area contributed by atoms with Gasteiger partial charge in [0.25, 0.3) is 0 Å². The highest BCUT2D eigenvalue weighted by Crippen LogP contribution is 2.29. The van der Waals surface area contributed by atoms with E-state index in [2.05, 4.69) is 49.9 Å². The Bertz CT molecular complexity index is 667. The summed E-state index contributed by atoms with van der Waals surface area (Å²) in [4.78, 5) is 0. The number of para-hydroxylation sites is 1. The van der Waals surface area contributed by atoms with Crippen molar-refractivity contribution in [2.45, 2.75) is 13.5 Å². The molecular weight excluding hydrogens is 212 g/mol. The third kappa shape index (κ3) is 1.23. The molecule has 0 amide bonds. The molecule has 1 aromatic heterocycles. The van der Waals surface area contributed by atoms with Gasteiger partial charge in [-0.2, -0.15) is 0 Å². The number of hydrogen-bond donors (Lipinski definition) is 0. The highest BCUT2D eigenvalue weighted by molar-refractivity contribution is 6.55. The summed E-state index contributed by atoms with van der Waals surface area (Å²) < 4.78 is 5.99. The standard InChI is InChI=1S/C14H14OSi/c1-9-5-3-7-11-13(9)10-6-4-8-12(16-2)14(10)15-11/h3-8H,16H2,1-2H3. The van der Waals surface area contributed by atoms with E-state index in [-0.39, 0.29) is 9.52 Å². The summed E-state index contributed by atoms with van der Waals surface area (Å²) in [7, 11) is -0.182. The van der Waals surface area contributed by atoms with Crippen LogP contribution in [0.3, 0.4) is 0 Å². The predicted octanol–water partition coefficient (Wildman–Crippen LogP) is 2.74. The van der Waals surface area contributed by atoms with E-state index in [1.54, 1.807) is 0 Å². The lowest BCUT2D eigenvalue weighted by Crippen LogP contribution is -2.09. The van der Waals surface area contributed by atoms with Crippen molar-refractivity contribution < 1.29 is 4.42 Å². The van der Waals surface area contributed by atoms with Crippen LogP contribution in [0.4, 0.5) is 0 Å². The van der Waals surface area contributed by atoms with Crippen LogP contribution < -0.4 is 5.19 Å². The Labute approximate surface area is 96.9 Å². The normalized spacial score (nSPS) is 12.1. The molecule has 1 nitrogen and oxygen atoms in total. The van der Waals surface area contributed by atoms with Gasteiger partial charge in [0, 0.05) is 10.8 Å². The molecule has 0 fully saturated rings. The lowest BCUT2D eigenvalue weighted by molar-refractivity contribution is 0.671. The van der Waals surface area contributed by atoms with E-state index in [4.69, 9.17) is 4.42 Å². The van der Waals surface area contributed by atoms with Crippen LogP contribution >= 0.6 is 0 Å². The van der Waals surface area contributed by atoms with E-state index in [1.165, 1.54) is 21.5 Å². The summed E-state index contributed by atoms with van der Waals surface area (Å²) in [5.74, 6) is 0. The van der Waals surface area contributed by atoms with Crippen molar-refractivity contribution in [3.8, 4) is 0 Å². The van der Waals surface area contributed by atoms with Crippen LogP contribution in [0.2, 0.25) is 6.55 Å². The minimum Gasteiger partial charge on any atom is -0.456 e. The Morgan fingerprint density at radius 3 is 2.69 bits per heavy atom. The molecule has 0 atom stereocenters. The third-order valence-corrected chi connectivity index (χ3v) is 4.51. The molecule has 0 radical (unpaired) electrons. The minimum atomic E-state index is -0.182. The van der Waals surface area contributed by atoms with Gasteiger partial charge in [-0.3, -0.25) is 0 Å². The maximum absolute atomic E-state index is 5.99. The summed E-state index contributed by atoms with van der Waals surface area (Å²) in [6.07, 6.45) is 0. The molecule has 0 bridgehead atoms. The van der Waals surface area contributed by atoms with E-state index < -0.39 is 0 Å². The smallest absolute Gasteiger partial charge is 0.135 e. The van der Waals surface area contributed by atoms with Crippen molar-refractivity contribution in [2.75, 3.05) is 0 Å². The van der Waals surface area contributed by atoms with Gasteiger partial charge in [-0.25, -0.2) is 0 Å². The largest absolute Gasteiger partial charge is 0.456 e. The Morgan fingerprint density at radius 2 is 1.88 bits per heavy atom. The van der Waals surface area contributed by atoms with Gasteiger partial charge in [0.2, 0.25) is 0 Å². The molecule has 16 heavy (non-hydrogen) atoms. The summed E-state index contributed by atoms with van der Waals surface area (Å²) in [6.45, 7) is 4.45. The Hall–Kier alpha value is -1.54. The quantitative estimate of drug-likeness (QED) is 0.582. The molecule has 0 saturated carbocycles. The first kappa shape index (κ1) is 9.67. The zero-order valence-corrected chi connectivity index (χ0v) is 11.0. The monoisotopic (exact) mass is 226 g/mol. The molecule has 0 N–H and O–H groups in total. The molecule has 3 aromatic rings. The van der Waals surface area contributed by atoms with Crippen molar-refractivity contribution in [1.29, 1.82) is 0 Å². The van der Waals surface area contributed by atoms with Gasteiger partial charge < -0.3 is 4.42 Å². The number of rotatable bonds is 1. The van der Waals surface area contributed by atoms with Crippen molar-refractivity contribution in [1.82, 2.24) is 0 Å². The van der Waals surface area contributed by atoms with Crippen molar-refractivity contribution in [3.63, 3.8) is 0 Å². The number of benzene rings is 2. The molecule has 0 unspecified atom stereocenters. The summed E-state index contributed by atoms with van der Waals surface area (Å²) in [6, 6.07) is 12.8. The van der Waals surface area contributed by atoms with Crippen LogP contribution in [0.5, 0.6) is 0 Å². The number of fused-ring (bicyclic) bond motifs is 3. The Morgan fingerprint density at radius 1 is 1.06 bits per heavy atom. The lowest BCUT2D eigenvalue weighted by Gasteiger charge is -1.96. The van der Waals surface area contributed by atoms with Crippen molar-refractivity contribution in [3.05, 3.63) is 42.0 Å². The van der Waals surface area contributed by atoms with Crippen LogP contribution in [-0.4, -0.2) is 9.52 Å². The number of aryl methyl sites for hydroxylation is 1. The van der Waals surface area contributed by atoms with Crippen LogP contribution in [0.1, 0.15) is 5.56 Å². The molecule has 0 aliphatic rings. The zero-order chi connectivity index (χ0) is 11.1. The van der Waals surface area contributed by atoms with Crippen LogP contribution in [0.25, 0.3) is 21.9 Å². The fraction of sp³-hybridized carbons (Fsp3) is 0.143.